The quantitative estimate of drug-likeness (QED) is 0.205. The van der Waals surface area contributed by atoms with Crippen molar-refractivity contribution in [2.75, 3.05) is 0 Å². The highest BCUT2D eigenvalue weighted by molar-refractivity contribution is 7.25. The van der Waals surface area contributed by atoms with E-state index in [1.54, 1.807) is 0 Å². The van der Waals surface area contributed by atoms with Gasteiger partial charge in [-0.15, -0.1) is 11.3 Å². The van der Waals surface area contributed by atoms with E-state index in [0.717, 1.165) is 61.4 Å². The number of nitrogens with zero attached hydrogens (tertiary/aromatic N) is 3. The molecule has 0 atom stereocenters. The molecule has 0 amide bonds. The second-order valence-corrected chi connectivity index (χ2v) is 12.6. The van der Waals surface area contributed by atoms with Gasteiger partial charge in [0.2, 0.25) is 0 Å². The molecule has 0 fully saturated rings. The van der Waals surface area contributed by atoms with Crippen LogP contribution in [0.3, 0.4) is 0 Å². The number of aromatic nitrogens is 3. The predicted octanol–water partition coefficient (Wildman–Crippen LogP) is 11.2. The van der Waals surface area contributed by atoms with Gasteiger partial charge in [-0.3, -0.25) is 4.40 Å². The van der Waals surface area contributed by atoms with Gasteiger partial charge in [-0.2, -0.15) is 0 Å². The molecule has 0 aliphatic rings. The highest BCUT2D eigenvalue weighted by Crippen LogP contribution is 2.39. The summed E-state index contributed by atoms with van der Waals surface area (Å²) < 4.78 is 11.0. The number of imidazole rings is 1. The van der Waals surface area contributed by atoms with E-state index in [9.17, 15) is 0 Å². The molecule has 45 heavy (non-hydrogen) atoms. The standard InChI is InChI=1S/C40H23N3OS/c1-2-8-25-19-27(14-13-24(25)7-1)34-22-41-40-39(28-16-18-32-31-10-4-6-12-37(31)45-38(32)21-28)42-33(23-43(34)40)26-15-17-30-29-9-3-5-11-35(29)44-36(30)20-26/h1-23H. The van der Waals surface area contributed by atoms with Crippen molar-refractivity contribution in [3.05, 3.63) is 140 Å². The Bertz CT molecular complexity index is 2780. The van der Waals surface area contributed by atoms with E-state index >= 15 is 0 Å². The fourth-order valence-electron chi connectivity index (χ4n) is 6.64. The van der Waals surface area contributed by atoms with E-state index in [0.29, 0.717) is 0 Å². The molecule has 0 bridgehead atoms. The highest BCUT2D eigenvalue weighted by atomic mass is 32.1. The summed E-state index contributed by atoms with van der Waals surface area (Å²) in [5.41, 5.74) is 8.44. The highest BCUT2D eigenvalue weighted by Gasteiger charge is 2.18. The Kier molecular flexibility index (Phi) is 5.12. The Morgan fingerprint density at radius 1 is 0.556 bits per heavy atom. The second kappa shape index (κ2) is 9.36. The Morgan fingerprint density at radius 3 is 2.24 bits per heavy atom. The van der Waals surface area contributed by atoms with E-state index in [1.807, 2.05) is 35.7 Å². The molecular formula is C40H23N3OS. The molecule has 0 N–H and O–H groups in total. The Balaban J connectivity index is 1.22. The molecule has 6 aromatic carbocycles. The molecule has 0 spiro atoms. The second-order valence-electron chi connectivity index (χ2n) is 11.5. The summed E-state index contributed by atoms with van der Waals surface area (Å²) in [4.78, 5) is 10.3. The van der Waals surface area contributed by atoms with Crippen LogP contribution in [-0.4, -0.2) is 14.4 Å². The molecule has 0 unspecified atom stereocenters. The van der Waals surface area contributed by atoms with E-state index in [-0.39, 0.29) is 0 Å². The third kappa shape index (κ3) is 3.78. The maximum absolute atomic E-state index is 6.27. The van der Waals surface area contributed by atoms with Crippen LogP contribution in [0.4, 0.5) is 0 Å². The van der Waals surface area contributed by atoms with Crippen molar-refractivity contribution in [1.29, 1.82) is 0 Å². The molecule has 0 aliphatic heterocycles. The van der Waals surface area contributed by atoms with Crippen LogP contribution in [0.2, 0.25) is 0 Å². The van der Waals surface area contributed by atoms with Crippen LogP contribution in [0.5, 0.6) is 0 Å². The summed E-state index contributed by atoms with van der Waals surface area (Å²) in [5, 5.41) is 7.19. The minimum absolute atomic E-state index is 0.826. The average molecular weight is 594 g/mol. The molecule has 0 saturated carbocycles. The molecule has 0 saturated heterocycles. The first-order valence-electron chi connectivity index (χ1n) is 15.0. The van der Waals surface area contributed by atoms with Crippen LogP contribution in [-0.2, 0) is 0 Å². The predicted molar refractivity (Wildman–Crippen MR) is 187 cm³/mol. The number of rotatable bonds is 3. The van der Waals surface area contributed by atoms with Gasteiger partial charge >= 0.3 is 0 Å². The summed E-state index contributed by atoms with van der Waals surface area (Å²) in [6, 6.07) is 44.9. The first kappa shape index (κ1) is 24.6. The zero-order valence-electron chi connectivity index (χ0n) is 23.9. The van der Waals surface area contributed by atoms with Crippen molar-refractivity contribution in [3.63, 3.8) is 0 Å². The number of hydrogen-bond acceptors (Lipinski definition) is 4. The lowest BCUT2D eigenvalue weighted by Gasteiger charge is -2.11. The van der Waals surface area contributed by atoms with Gasteiger partial charge in [0.15, 0.2) is 5.65 Å². The number of fused-ring (bicyclic) bond motifs is 8. The minimum atomic E-state index is 0.826. The van der Waals surface area contributed by atoms with Crippen LogP contribution in [0, 0.1) is 0 Å². The molecule has 0 aliphatic carbocycles. The number of para-hydroxylation sites is 1. The van der Waals surface area contributed by atoms with Gasteiger partial charge in [0.1, 0.15) is 16.9 Å². The van der Waals surface area contributed by atoms with Crippen molar-refractivity contribution < 1.29 is 4.42 Å². The zero-order valence-corrected chi connectivity index (χ0v) is 24.8. The van der Waals surface area contributed by atoms with Crippen molar-refractivity contribution in [3.8, 4) is 33.8 Å². The maximum Gasteiger partial charge on any atom is 0.164 e. The molecule has 10 rings (SSSR count). The largest absolute Gasteiger partial charge is 0.456 e. The lowest BCUT2D eigenvalue weighted by Crippen LogP contribution is -1.98. The number of furan rings is 1. The molecule has 210 valence electrons. The van der Waals surface area contributed by atoms with Gasteiger partial charge in [0.05, 0.1) is 17.6 Å². The lowest BCUT2D eigenvalue weighted by molar-refractivity contribution is 0.669. The lowest BCUT2D eigenvalue weighted by atomic mass is 10.0. The third-order valence-electron chi connectivity index (χ3n) is 8.86. The smallest absolute Gasteiger partial charge is 0.164 e. The number of benzene rings is 6. The molecule has 5 heteroatoms. The zero-order chi connectivity index (χ0) is 29.5. The average Bonchev–Trinajstić information content (AvgIpc) is 3.80. The minimum Gasteiger partial charge on any atom is -0.456 e. The molecule has 4 heterocycles. The van der Waals surface area contributed by atoms with Gasteiger partial charge in [-0.05, 0) is 47.2 Å². The number of thiophene rings is 1. The number of hydrogen-bond donors (Lipinski definition) is 0. The van der Waals surface area contributed by atoms with Crippen molar-refractivity contribution in [1.82, 2.24) is 14.4 Å². The van der Waals surface area contributed by atoms with Crippen molar-refractivity contribution in [2.45, 2.75) is 0 Å². The first-order chi connectivity index (χ1) is 22.3. The summed E-state index contributed by atoms with van der Waals surface area (Å²) in [7, 11) is 0. The van der Waals surface area contributed by atoms with Gasteiger partial charge in [0, 0.05) is 53.8 Å². The van der Waals surface area contributed by atoms with Crippen LogP contribution < -0.4 is 0 Å². The molecule has 4 aromatic heterocycles. The van der Waals surface area contributed by atoms with E-state index < -0.39 is 0 Å². The van der Waals surface area contributed by atoms with Gasteiger partial charge < -0.3 is 4.42 Å². The summed E-state index contributed by atoms with van der Waals surface area (Å²) in [5.74, 6) is 0. The molecule has 10 aromatic rings. The molecule has 0 radical (unpaired) electrons. The summed E-state index contributed by atoms with van der Waals surface area (Å²) in [6.45, 7) is 0. The van der Waals surface area contributed by atoms with Gasteiger partial charge in [0.25, 0.3) is 0 Å². The fraction of sp³-hybridized carbons (Fsp3) is 0. The van der Waals surface area contributed by atoms with Crippen LogP contribution in [0.1, 0.15) is 0 Å². The van der Waals surface area contributed by atoms with E-state index in [4.69, 9.17) is 14.4 Å². The monoisotopic (exact) mass is 593 g/mol. The normalized spacial score (nSPS) is 12.0. The summed E-state index contributed by atoms with van der Waals surface area (Å²) >= 11 is 1.82. The summed E-state index contributed by atoms with van der Waals surface area (Å²) in [6.07, 6.45) is 4.08. The third-order valence-corrected chi connectivity index (χ3v) is 10.00. The first-order valence-corrected chi connectivity index (χ1v) is 15.8. The SMILES string of the molecule is c1ccc2cc(-c3cnc4c(-c5ccc6c(c5)sc5ccccc56)nc(-c5ccc6c(c5)oc5ccccc56)cn34)ccc2c1. The van der Waals surface area contributed by atoms with Crippen molar-refractivity contribution in [2.24, 2.45) is 0 Å². The Hall–Kier alpha value is -5.78. The van der Waals surface area contributed by atoms with Gasteiger partial charge in [-0.1, -0.05) is 91.0 Å². The molecular weight excluding hydrogens is 571 g/mol. The maximum atomic E-state index is 6.27. The van der Waals surface area contributed by atoms with Crippen LogP contribution in [0.15, 0.2) is 144 Å². The topological polar surface area (TPSA) is 43.3 Å². The van der Waals surface area contributed by atoms with Crippen LogP contribution >= 0.6 is 11.3 Å². The van der Waals surface area contributed by atoms with E-state index in [1.165, 1.54) is 30.9 Å². The van der Waals surface area contributed by atoms with E-state index in [2.05, 4.69) is 120 Å². The fourth-order valence-corrected chi connectivity index (χ4v) is 7.79. The van der Waals surface area contributed by atoms with Gasteiger partial charge in [-0.25, -0.2) is 9.97 Å². The Labute approximate surface area is 261 Å². The molecule has 4 nitrogen and oxygen atoms in total. The van der Waals surface area contributed by atoms with Crippen molar-refractivity contribution >= 4 is 69.9 Å². The van der Waals surface area contributed by atoms with Crippen LogP contribution in [0.25, 0.3) is 92.3 Å². The Morgan fingerprint density at radius 2 is 1.29 bits per heavy atom.